The number of benzene rings is 1. The Morgan fingerprint density at radius 2 is 2.23 bits per heavy atom. The summed E-state index contributed by atoms with van der Waals surface area (Å²) >= 11 is 0. The van der Waals surface area contributed by atoms with Gasteiger partial charge in [0.25, 0.3) is 0 Å². The Labute approximate surface area is 181 Å². The Morgan fingerprint density at radius 3 is 2.90 bits per heavy atom. The Kier molecular flexibility index (Phi) is 7.21. The van der Waals surface area contributed by atoms with Crippen LogP contribution >= 0.6 is 0 Å². The molecule has 0 saturated carbocycles. The van der Waals surface area contributed by atoms with Gasteiger partial charge >= 0.3 is 0 Å². The summed E-state index contributed by atoms with van der Waals surface area (Å²) in [6.45, 7) is 6.19. The number of nitrogens with zero attached hydrogens (tertiary/aromatic N) is 5. The number of hydrogen-bond donors (Lipinski definition) is 3. The van der Waals surface area contributed by atoms with Crippen LogP contribution in [0.3, 0.4) is 0 Å². The van der Waals surface area contributed by atoms with E-state index in [1.807, 2.05) is 20.2 Å². The van der Waals surface area contributed by atoms with E-state index in [-0.39, 0.29) is 23.8 Å². The molecule has 3 rings (SSSR count). The van der Waals surface area contributed by atoms with Crippen molar-refractivity contribution >= 4 is 34.9 Å². The molecule has 0 unspecified atom stereocenters. The van der Waals surface area contributed by atoms with Crippen LogP contribution in [0.15, 0.2) is 31.1 Å². The largest absolute Gasteiger partial charge is 0.494 e. The van der Waals surface area contributed by atoms with Crippen LogP contribution in [-0.2, 0) is 9.53 Å². The summed E-state index contributed by atoms with van der Waals surface area (Å²) in [5, 5.41) is 5.97. The number of rotatable bonds is 8. The van der Waals surface area contributed by atoms with Crippen LogP contribution in [-0.4, -0.2) is 79.3 Å². The number of morpholine rings is 1. The number of nitrogens with two attached hydrogens (primary N) is 1. The number of amides is 1. The van der Waals surface area contributed by atoms with E-state index < -0.39 is 0 Å². The zero-order valence-electron chi connectivity index (χ0n) is 18.0. The first kappa shape index (κ1) is 22.2. The zero-order chi connectivity index (χ0) is 22.4. The lowest BCUT2D eigenvalue weighted by Crippen LogP contribution is -2.50. The van der Waals surface area contributed by atoms with Gasteiger partial charge in [0.15, 0.2) is 0 Å². The third-order valence-electron chi connectivity index (χ3n) is 4.71. The highest BCUT2D eigenvalue weighted by atomic mass is 16.5. The van der Waals surface area contributed by atoms with E-state index in [0.717, 1.165) is 12.2 Å². The average molecular weight is 428 g/mol. The molecule has 1 fully saturated rings. The third-order valence-corrected chi connectivity index (χ3v) is 4.71. The van der Waals surface area contributed by atoms with Crippen LogP contribution in [0.25, 0.3) is 0 Å². The predicted octanol–water partition coefficient (Wildman–Crippen LogP) is 1.10. The molecule has 11 heteroatoms. The van der Waals surface area contributed by atoms with Gasteiger partial charge in [-0.05, 0) is 26.2 Å². The number of likely N-dealkylation sites (N-methyl/N-ethyl adjacent to an activating group) is 1. The summed E-state index contributed by atoms with van der Waals surface area (Å²) in [5.74, 6) is 0.587. The van der Waals surface area contributed by atoms with Crippen molar-refractivity contribution < 1.29 is 14.3 Å². The van der Waals surface area contributed by atoms with Crippen LogP contribution in [0, 0.1) is 0 Å². The normalized spacial score (nSPS) is 16.1. The van der Waals surface area contributed by atoms with Crippen molar-refractivity contribution in [2.75, 3.05) is 68.8 Å². The second-order valence-electron chi connectivity index (χ2n) is 7.24. The lowest BCUT2D eigenvalue weighted by atomic mass is 10.1. The number of anilines is 5. The lowest BCUT2D eigenvalue weighted by Gasteiger charge is -2.39. The van der Waals surface area contributed by atoms with Crippen molar-refractivity contribution in [3.63, 3.8) is 0 Å². The summed E-state index contributed by atoms with van der Waals surface area (Å²) in [6.07, 6.45) is 2.54. The Hall–Kier alpha value is -3.44. The fourth-order valence-corrected chi connectivity index (χ4v) is 3.39. The van der Waals surface area contributed by atoms with Crippen LogP contribution < -0.4 is 26.0 Å². The van der Waals surface area contributed by atoms with E-state index in [0.29, 0.717) is 36.9 Å². The molecule has 0 aliphatic carbocycles. The van der Waals surface area contributed by atoms with Crippen molar-refractivity contribution in [3.8, 4) is 5.75 Å². The van der Waals surface area contributed by atoms with Gasteiger partial charge < -0.3 is 35.6 Å². The Bertz CT molecular complexity index is 937. The molecule has 0 bridgehead atoms. The maximum absolute atomic E-state index is 12.2. The van der Waals surface area contributed by atoms with Crippen molar-refractivity contribution in [3.05, 3.63) is 31.1 Å². The molecule has 1 aliphatic rings. The van der Waals surface area contributed by atoms with E-state index in [1.165, 1.54) is 12.4 Å². The smallest absolute Gasteiger partial charge is 0.247 e. The van der Waals surface area contributed by atoms with Crippen LogP contribution in [0.2, 0.25) is 0 Å². The molecule has 1 saturated heterocycles. The molecule has 0 spiro atoms. The molecule has 1 aromatic heterocycles. The molecular formula is C20H28N8O3. The van der Waals surface area contributed by atoms with Gasteiger partial charge in [-0.1, -0.05) is 6.58 Å². The van der Waals surface area contributed by atoms with Crippen LogP contribution in [0.5, 0.6) is 5.75 Å². The van der Waals surface area contributed by atoms with Crippen LogP contribution in [0.1, 0.15) is 0 Å². The van der Waals surface area contributed by atoms with E-state index in [2.05, 4.69) is 42.0 Å². The van der Waals surface area contributed by atoms with Crippen LogP contribution in [0.4, 0.5) is 29.0 Å². The quantitative estimate of drug-likeness (QED) is 0.525. The summed E-state index contributed by atoms with van der Waals surface area (Å²) < 4.78 is 11.3. The second kappa shape index (κ2) is 10.0. The van der Waals surface area contributed by atoms with Gasteiger partial charge in [-0.15, -0.1) is 0 Å². The van der Waals surface area contributed by atoms with Crippen molar-refractivity contribution in [1.82, 2.24) is 19.9 Å². The molecule has 1 atom stereocenters. The monoisotopic (exact) mass is 428 g/mol. The molecule has 2 aromatic rings. The minimum Gasteiger partial charge on any atom is -0.494 e. The summed E-state index contributed by atoms with van der Waals surface area (Å²) in [7, 11) is 5.60. The summed E-state index contributed by atoms with van der Waals surface area (Å²) in [5.41, 5.74) is 7.63. The SMILES string of the molecule is C=CC(=O)Nc1cc(Nc2ncnc(N)n2)c(OC)cc1N1CCOC[C@@H]1CN(C)C. The van der Waals surface area contributed by atoms with Gasteiger partial charge in [-0.2, -0.15) is 4.98 Å². The van der Waals surface area contributed by atoms with Gasteiger partial charge in [0.1, 0.15) is 12.1 Å². The van der Waals surface area contributed by atoms with E-state index in [1.54, 1.807) is 13.2 Å². The number of carbonyl (C=O) groups excluding carboxylic acids is 1. The van der Waals surface area contributed by atoms with Gasteiger partial charge in [0.05, 0.1) is 43.4 Å². The Morgan fingerprint density at radius 1 is 1.42 bits per heavy atom. The highest BCUT2D eigenvalue weighted by Crippen LogP contribution is 2.39. The molecule has 0 radical (unpaired) electrons. The number of methoxy groups -OCH3 is 1. The van der Waals surface area contributed by atoms with Gasteiger partial charge in [0, 0.05) is 19.2 Å². The third kappa shape index (κ3) is 5.58. The van der Waals surface area contributed by atoms with Gasteiger partial charge in [-0.25, -0.2) is 9.97 Å². The molecule has 11 nitrogen and oxygen atoms in total. The topological polar surface area (TPSA) is 131 Å². The maximum Gasteiger partial charge on any atom is 0.247 e. The molecule has 1 amide bonds. The molecule has 31 heavy (non-hydrogen) atoms. The average Bonchev–Trinajstić information content (AvgIpc) is 2.74. The fraction of sp³-hybridized carbons (Fsp3) is 0.400. The molecular weight excluding hydrogens is 400 g/mol. The maximum atomic E-state index is 12.2. The number of aromatic nitrogens is 3. The van der Waals surface area contributed by atoms with Crippen molar-refractivity contribution in [2.45, 2.75) is 6.04 Å². The van der Waals surface area contributed by atoms with E-state index >= 15 is 0 Å². The van der Waals surface area contributed by atoms with Crippen molar-refractivity contribution in [2.24, 2.45) is 0 Å². The molecule has 2 heterocycles. The standard InChI is InChI=1S/C20H28N8O3/c1-5-18(29)24-14-8-15(25-20-23-12-22-19(21)26-20)17(30-4)9-16(14)28-6-7-31-11-13(28)10-27(2)3/h5,8-9,12-13H,1,6-7,10-11H2,2-4H3,(H,24,29)(H3,21,22,23,25,26)/t13-/m0/s1. The Balaban J connectivity index is 2.04. The van der Waals surface area contributed by atoms with E-state index in [4.69, 9.17) is 15.2 Å². The molecule has 1 aromatic carbocycles. The summed E-state index contributed by atoms with van der Waals surface area (Å²) in [4.78, 5) is 28.4. The number of hydrogen-bond acceptors (Lipinski definition) is 10. The number of carbonyl (C=O) groups is 1. The number of nitrogens with one attached hydrogen (secondary N) is 2. The first-order valence-corrected chi connectivity index (χ1v) is 9.77. The molecule has 1 aliphatic heterocycles. The fourth-order valence-electron chi connectivity index (χ4n) is 3.39. The first-order valence-electron chi connectivity index (χ1n) is 9.77. The number of ether oxygens (including phenoxy) is 2. The minimum absolute atomic E-state index is 0.0908. The highest BCUT2D eigenvalue weighted by Gasteiger charge is 2.27. The molecule has 4 N–H and O–H groups in total. The second-order valence-corrected chi connectivity index (χ2v) is 7.24. The minimum atomic E-state index is -0.320. The van der Waals surface area contributed by atoms with Crippen molar-refractivity contribution in [1.29, 1.82) is 0 Å². The number of nitrogen functional groups attached to an aromatic ring is 1. The lowest BCUT2D eigenvalue weighted by molar-refractivity contribution is -0.111. The van der Waals surface area contributed by atoms with E-state index in [9.17, 15) is 4.79 Å². The van der Waals surface area contributed by atoms with Gasteiger partial charge in [0.2, 0.25) is 17.8 Å². The van der Waals surface area contributed by atoms with Gasteiger partial charge in [-0.3, -0.25) is 4.79 Å². The predicted molar refractivity (Wildman–Crippen MR) is 120 cm³/mol. The zero-order valence-corrected chi connectivity index (χ0v) is 18.0. The molecule has 166 valence electrons. The first-order chi connectivity index (χ1) is 14.9. The summed E-state index contributed by atoms with van der Waals surface area (Å²) in [6, 6.07) is 3.76. The highest BCUT2D eigenvalue weighted by molar-refractivity contribution is 6.02.